The van der Waals surface area contributed by atoms with Gasteiger partial charge >= 0.3 is 0 Å². The van der Waals surface area contributed by atoms with Gasteiger partial charge in [-0.1, -0.05) is 49.7 Å². The molecule has 0 spiro atoms. The number of carbonyl (C=O) groups is 1. The molecule has 0 radical (unpaired) electrons. The molecule has 1 saturated carbocycles. The van der Waals surface area contributed by atoms with Crippen LogP contribution < -0.4 is 14.8 Å². The van der Waals surface area contributed by atoms with Crippen molar-refractivity contribution in [3.63, 3.8) is 0 Å². The first kappa shape index (κ1) is 20.5. The predicted molar refractivity (Wildman–Crippen MR) is 112 cm³/mol. The normalized spacial score (nSPS) is 19.2. The molecule has 1 amide bonds. The van der Waals surface area contributed by atoms with Gasteiger partial charge in [-0.05, 0) is 54.5 Å². The van der Waals surface area contributed by atoms with E-state index >= 15 is 0 Å². The number of amides is 1. The monoisotopic (exact) mass is 401 g/mol. The molecule has 1 fully saturated rings. The van der Waals surface area contributed by atoms with Crippen LogP contribution in [0.5, 0.6) is 11.5 Å². The fourth-order valence-corrected chi connectivity index (χ4v) is 3.61. The van der Waals surface area contributed by atoms with Crippen molar-refractivity contribution in [2.75, 3.05) is 13.7 Å². The summed E-state index contributed by atoms with van der Waals surface area (Å²) in [4.78, 5) is 12.7. The molecule has 1 aliphatic rings. The summed E-state index contributed by atoms with van der Waals surface area (Å²) >= 11 is 6.27. The number of halogens is 1. The Kier molecular flexibility index (Phi) is 6.50. The van der Waals surface area contributed by atoms with Crippen LogP contribution >= 0.6 is 11.6 Å². The van der Waals surface area contributed by atoms with E-state index in [9.17, 15) is 4.79 Å². The number of rotatable bonds is 8. The number of ether oxygens (including phenoxy) is 2. The average Bonchev–Trinajstić information content (AvgIpc) is 3.47. The molecule has 0 bridgehead atoms. The Hall–Kier alpha value is -2.20. The number of methoxy groups -OCH3 is 1. The molecule has 0 heterocycles. The maximum atomic E-state index is 12.7. The van der Waals surface area contributed by atoms with E-state index < -0.39 is 0 Å². The Balaban J connectivity index is 1.62. The molecule has 3 atom stereocenters. The number of hydrogen-bond acceptors (Lipinski definition) is 3. The first-order chi connectivity index (χ1) is 13.4. The predicted octanol–water partition coefficient (Wildman–Crippen LogP) is 5.36. The van der Waals surface area contributed by atoms with E-state index in [1.165, 1.54) is 0 Å². The molecule has 0 aliphatic heterocycles. The van der Waals surface area contributed by atoms with E-state index in [0.717, 1.165) is 28.3 Å². The van der Waals surface area contributed by atoms with Crippen molar-refractivity contribution in [1.82, 2.24) is 5.32 Å². The van der Waals surface area contributed by atoms with Crippen LogP contribution in [-0.2, 0) is 4.79 Å². The molecule has 2 aromatic rings. The molecular weight excluding hydrogens is 374 g/mol. The second-order valence-electron chi connectivity index (χ2n) is 7.82. The van der Waals surface area contributed by atoms with Gasteiger partial charge in [0.05, 0.1) is 19.8 Å². The molecule has 4 nitrogen and oxygen atoms in total. The van der Waals surface area contributed by atoms with Crippen molar-refractivity contribution < 1.29 is 14.3 Å². The summed E-state index contributed by atoms with van der Waals surface area (Å²) in [5.74, 6) is 2.10. The van der Waals surface area contributed by atoms with Crippen molar-refractivity contribution in [3.05, 3.63) is 58.6 Å². The smallest absolute Gasteiger partial charge is 0.224 e. The van der Waals surface area contributed by atoms with Gasteiger partial charge in [0.1, 0.15) is 0 Å². The van der Waals surface area contributed by atoms with Gasteiger partial charge < -0.3 is 14.8 Å². The molecule has 1 aliphatic carbocycles. The van der Waals surface area contributed by atoms with Gasteiger partial charge in [0.15, 0.2) is 11.5 Å². The van der Waals surface area contributed by atoms with Gasteiger partial charge in [0, 0.05) is 10.9 Å². The molecular formula is C23H28ClNO3. The van der Waals surface area contributed by atoms with Gasteiger partial charge in [0.25, 0.3) is 0 Å². The van der Waals surface area contributed by atoms with Gasteiger partial charge in [0.2, 0.25) is 5.91 Å². The minimum Gasteiger partial charge on any atom is -0.493 e. The summed E-state index contributed by atoms with van der Waals surface area (Å²) in [6.45, 7) is 6.82. The Morgan fingerprint density at radius 2 is 1.93 bits per heavy atom. The summed E-state index contributed by atoms with van der Waals surface area (Å²) < 4.78 is 11.3. The Bertz CT molecular complexity index is 836. The lowest BCUT2D eigenvalue weighted by molar-refractivity contribution is -0.123. The highest BCUT2D eigenvalue weighted by molar-refractivity contribution is 6.31. The van der Waals surface area contributed by atoms with E-state index in [4.69, 9.17) is 21.1 Å². The summed E-state index contributed by atoms with van der Waals surface area (Å²) in [6, 6.07) is 13.4. The number of carbonyl (C=O) groups excluding carboxylic acids is 1. The second-order valence-corrected chi connectivity index (χ2v) is 8.22. The van der Waals surface area contributed by atoms with E-state index in [1.54, 1.807) is 7.11 Å². The zero-order valence-corrected chi connectivity index (χ0v) is 17.6. The minimum absolute atomic E-state index is 0.0158. The molecule has 0 saturated heterocycles. The molecule has 2 aromatic carbocycles. The van der Waals surface area contributed by atoms with Crippen LogP contribution in [-0.4, -0.2) is 19.6 Å². The fraction of sp³-hybridized carbons (Fsp3) is 0.435. The van der Waals surface area contributed by atoms with Crippen LogP contribution in [0.2, 0.25) is 5.02 Å². The SMILES string of the molecule is COc1cc(C(C)NC(=O)C2CC2c2ccccc2Cl)ccc1OCC(C)C. The third kappa shape index (κ3) is 4.79. The molecule has 150 valence electrons. The third-order valence-corrected chi connectivity index (χ3v) is 5.39. The second kappa shape index (κ2) is 8.87. The van der Waals surface area contributed by atoms with Crippen molar-refractivity contribution in [2.24, 2.45) is 11.8 Å². The van der Waals surface area contributed by atoms with E-state index in [0.29, 0.717) is 18.3 Å². The van der Waals surface area contributed by atoms with Gasteiger partial charge in [-0.25, -0.2) is 0 Å². The lowest BCUT2D eigenvalue weighted by Crippen LogP contribution is -2.28. The van der Waals surface area contributed by atoms with Crippen LogP contribution in [0, 0.1) is 11.8 Å². The van der Waals surface area contributed by atoms with Crippen LogP contribution in [0.3, 0.4) is 0 Å². The average molecular weight is 402 g/mol. The van der Waals surface area contributed by atoms with Crippen molar-refractivity contribution in [3.8, 4) is 11.5 Å². The molecule has 1 N–H and O–H groups in total. The third-order valence-electron chi connectivity index (χ3n) is 5.05. The van der Waals surface area contributed by atoms with Gasteiger partial charge in [-0.15, -0.1) is 0 Å². The highest BCUT2D eigenvalue weighted by atomic mass is 35.5. The Morgan fingerprint density at radius 3 is 2.61 bits per heavy atom. The summed E-state index contributed by atoms with van der Waals surface area (Å²) in [5.41, 5.74) is 2.04. The van der Waals surface area contributed by atoms with Gasteiger partial charge in [-0.3, -0.25) is 4.79 Å². The molecule has 5 heteroatoms. The highest BCUT2D eigenvalue weighted by Gasteiger charge is 2.45. The number of nitrogens with one attached hydrogen (secondary N) is 1. The van der Waals surface area contributed by atoms with E-state index in [-0.39, 0.29) is 23.8 Å². The summed E-state index contributed by atoms with van der Waals surface area (Å²) in [5, 5.41) is 3.85. The van der Waals surface area contributed by atoms with Crippen LogP contribution in [0.1, 0.15) is 50.3 Å². The maximum Gasteiger partial charge on any atom is 0.224 e. The maximum absolute atomic E-state index is 12.7. The van der Waals surface area contributed by atoms with Crippen LogP contribution in [0.15, 0.2) is 42.5 Å². The first-order valence-corrected chi connectivity index (χ1v) is 10.1. The largest absolute Gasteiger partial charge is 0.493 e. The molecule has 28 heavy (non-hydrogen) atoms. The standard InChI is InChI=1S/C23H28ClNO3/c1-14(2)13-28-21-10-9-16(11-22(21)27-4)15(3)25-23(26)19-12-18(19)17-7-5-6-8-20(17)24/h5-11,14-15,18-19H,12-13H2,1-4H3,(H,25,26). The summed E-state index contributed by atoms with van der Waals surface area (Å²) in [7, 11) is 1.63. The van der Waals surface area contributed by atoms with Crippen molar-refractivity contribution >= 4 is 17.5 Å². The van der Waals surface area contributed by atoms with Crippen LogP contribution in [0.4, 0.5) is 0 Å². The lowest BCUT2D eigenvalue weighted by Gasteiger charge is -2.18. The van der Waals surface area contributed by atoms with Crippen molar-refractivity contribution in [1.29, 1.82) is 0 Å². The van der Waals surface area contributed by atoms with Crippen molar-refractivity contribution in [2.45, 2.75) is 39.2 Å². The first-order valence-electron chi connectivity index (χ1n) is 9.76. The lowest BCUT2D eigenvalue weighted by atomic mass is 10.1. The summed E-state index contributed by atoms with van der Waals surface area (Å²) in [6.07, 6.45) is 0.841. The van der Waals surface area contributed by atoms with Gasteiger partial charge in [-0.2, -0.15) is 0 Å². The fourth-order valence-electron chi connectivity index (χ4n) is 3.34. The zero-order valence-electron chi connectivity index (χ0n) is 16.9. The molecule has 3 unspecified atom stereocenters. The quantitative estimate of drug-likeness (QED) is 0.647. The topological polar surface area (TPSA) is 47.6 Å². The molecule has 3 rings (SSSR count). The molecule has 0 aromatic heterocycles. The van der Waals surface area contributed by atoms with E-state index in [1.807, 2.05) is 49.4 Å². The Labute approximate surface area is 172 Å². The Morgan fingerprint density at radius 1 is 1.18 bits per heavy atom. The van der Waals surface area contributed by atoms with E-state index in [2.05, 4.69) is 19.2 Å². The minimum atomic E-state index is -0.118. The zero-order chi connectivity index (χ0) is 20.3. The number of hydrogen-bond donors (Lipinski definition) is 1. The number of benzene rings is 2. The van der Waals surface area contributed by atoms with Crippen LogP contribution in [0.25, 0.3) is 0 Å². The highest BCUT2D eigenvalue weighted by Crippen LogP contribution is 2.49.